The zero-order valence-corrected chi connectivity index (χ0v) is 9.87. The van der Waals surface area contributed by atoms with Gasteiger partial charge in [-0.25, -0.2) is 4.98 Å². The van der Waals surface area contributed by atoms with Crippen LogP contribution in [0, 0.1) is 0 Å². The van der Waals surface area contributed by atoms with Crippen molar-refractivity contribution in [3.05, 3.63) is 23.9 Å². The number of nitrogens with one attached hydrogen (secondary N) is 1. The SMILES string of the molecule is N[C@@H]1CCCC[C@H]1Nc1ncccc1C(F)(F)F. The van der Waals surface area contributed by atoms with Gasteiger partial charge < -0.3 is 11.1 Å². The Hall–Kier alpha value is -1.30. The molecule has 0 radical (unpaired) electrons. The minimum atomic E-state index is -4.39. The highest BCUT2D eigenvalue weighted by Gasteiger charge is 2.35. The third-order valence-corrected chi connectivity index (χ3v) is 3.25. The zero-order valence-electron chi connectivity index (χ0n) is 9.87. The van der Waals surface area contributed by atoms with Crippen molar-refractivity contribution >= 4 is 5.82 Å². The Morgan fingerprint density at radius 1 is 1.28 bits per heavy atom. The highest BCUT2D eigenvalue weighted by molar-refractivity contribution is 5.46. The third-order valence-electron chi connectivity index (χ3n) is 3.25. The quantitative estimate of drug-likeness (QED) is 0.858. The number of aromatic nitrogens is 1. The minimum absolute atomic E-state index is 0.109. The molecule has 1 aliphatic carbocycles. The van der Waals surface area contributed by atoms with E-state index >= 15 is 0 Å². The van der Waals surface area contributed by atoms with Crippen LogP contribution in [0.3, 0.4) is 0 Å². The Bertz CT molecular complexity index is 406. The van der Waals surface area contributed by atoms with Crippen molar-refractivity contribution in [2.75, 3.05) is 5.32 Å². The van der Waals surface area contributed by atoms with Crippen molar-refractivity contribution in [2.45, 2.75) is 43.9 Å². The second-order valence-corrected chi connectivity index (χ2v) is 4.60. The maximum atomic E-state index is 12.8. The van der Waals surface area contributed by atoms with E-state index in [9.17, 15) is 13.2 Å². The standard InChI is InChI=1S/C12H16F3N3/c13-12(14,15)8-4-3-7-17-11(8)18-10-6-2-1-5-9(10)16/h3-4,7,9-10H,1-2,5-6,16H2,(H,17,18)/t9-,10-/m1/s1. The first kappa shape index (κ1) is 13.1. The van der Waals surface area contributed by atoms with E-state index < -0.39 is 11.7 Å². The Morgan fingerprint density at radius 3 is 2.67 bits per heavy atom. The molecule has 0 spiro atoms. The van der Waals surface area contributed by atoms with E-state index in [0.717, 1.165) is 31.7 Å². The molecule has 1 aromatic rings. The first-order chi connectivity index (χ1) is 8.48. The molecular formula is C12H16F3N3. The third kappa shape index (κ3) is 2.93. The smallest absolute Gasteiger partial charge is 0.365 e. The lowest BCUT2D eigenvalue weighted by Crippen LogP contribution is -2.43. The summed E-state index contributed by atoms with van der Waals surface area (Å²) in [4.78, 5) is 3.79. The molecule has 2 atom stereocenters. The molecule has 3 nitrogen and oxygen atoms in total. The molecule has 2 rings (SSSR count). The first-order valence-corrected chi connectivity index (χ1v) is 6.03. The second-order valence-electron chi connectivity index (χ2n) is 4.60. The summed E-state index contributed by atoms with van der Waals surface area (Å²) in [6.07, 6.45) is 0.607. The van der Waals surface area contributed by atoms with Crippen molar-refractivity contribution in [1.82, 2.24) is 4.98 Å². The molecular weight excluding hydrogens is 243 g/mol. The van der Waals surface area contributed by atoms with E-state index in [1.807, 2.05) is 0 Å². The molecule has 3 N–H and O–H groups in total. The van der Waals surface area contributed by atoms with Crippen LogP contribution < -0.4 is 11.1 Å². The van der Waals surface area contributed by atoms with Gasteiger partial charge in [0.15, 0.2) is 0 Å². The summed E-state index contributed by atoms with van der Waals surface area (Å²) in [6, 6.07) is 2.08. The highest BCUT2D eigenvalue weighted by Crippen LogP contribution is 2.34. The van der Waals surface area contributed by atoms with E-state index in [0.29, 0.717) is 0 Å². The van der Waals surface area contributed by atoms with Gasteiger partial charge in [0.2, 0.25) is 0 Å². The molecule has 1 fully saturated rings. The van der Waals surface area contributed by atoms with E-state index in [4.69, 9.17) is 5.73 Å². The number of halogens is 3. The molecule has 0 aromatic carbocycles. The molecule has 0 unspecified atom stereocenters. The van der Waals surface area contributed by atoms with Gasteiger partial charge in [-0.2, -0.15) is 13.2 Å². The van der Waals surface area contributed by atoms with Crippen molar-refractivity contribution < 1.29 is 13.2 Å². The van der Waals surface area contributed by atoms with Crippen LogP contribution in [0.1, 0.15) is 31.2 Å². The monoisotopic (exact) mass is 259 g/mol. The summed E-state index contributed by atoms with van der Waals surface area (Å²) < 4.78 is 38.4. The molecule has 0 bridgehead atoms. The highest BCUT2D eigenvalue weighted by atomic mass is 19.4. The number of anilines is 1. The average Bonchev–Trinajstić information content (AvgIpc) is 2.31. The predicted molar refractivity (Wildman–Crippen MR) is 63.1 cm³/mol. The Labute approximate surface area is 104 Å². The summed E-state index contributed by atoms with van der Waals surface area (Å²) in [5.74, 6) is -0.118. The number of pyridine rings is 1. The summed E-state index contributed by atoms with van der Waals surface area (Å²) in [5.41, 5.74) is 5.18. The summed E-state index contributed by atoms with van der Waals surface area (Å²) in [6.45, 7) is 0. The van der Waals surface area contributed by atoms with Crippen molar-refractivity contribution in [1.29, 1.82) is 0 Å². The molecule has 18 heavy (non-hydrogen) atoms. The maximum absolute atomic E-state index is 12.8. The van der Waals surface area contributed by atoms with Crippen molar-refractivity contribution in [3.8, 4) is 0 Å². The molecule has 6 heteroatoms. The van der Waals surface area contributed by atoms with Crippen LogP contribution in [0.4, 0.5) is 19.0 Å². The topological polar surface area (TPSA) is 50.9 Å². The van der Waals surface area contributed by atoms with Gasteiger partial charge in [0.05, 0.1) is 5.56 Å². The molecule has 1 heterocycles. The lowest BCUT2D eigenvalue weighted by atomic mass is 9.91. The maximum Gasteiger partial charge on any atom is 0.419 e. The molecule has 1 aromatic heterocycles. The van der Waals surface area contributed by atoms with Crippen molar-refractivity contribution in [3.63, 3.8) is 0 Å². The summed E-state index contributed by atoms with van der Waals surface area (Å²) >= 11 is 0. The van der Waals surface area contributed by atoms with Gasteiger partial charge in [0, 0.05) is 18.3 Å². The summed E-state index contributed by atoms with van der Waals surface area (Å²) in [5, 5.41) is 2.85. The molecule has 0 saturated heterocycles. The van der Waals surface area contributed by atoms with Gasteiger partial charge in [0.25, 0.3) is 0 Å². The fourth-order valence-electron chi connectivity index (χ4n) is 2.26. The molecule has 100 valence electrons. The van der Waals surface area contributed by atoms with Crippen molar-refractivity contribution in [2.24, 2.45) is 5.73 Å². The lowest BCUT2D eigenvalue weighted by molar-refractivity contribution is -0.137. The number of nitrogens with two attached hydrogens (primary N) is 1. The fourth-order valence-corrected chi connectivity index (χ4v) is 2.26. The first-order valence-electron chi connectivity index (χ1n) is 6.03. The largest absolute Gasteiger partial charge is 0.419 e. The Morgan fingerprint density at radius 2 is 2.00 bits per heavy atom. The number of nitrogens with zero attached hydrogens (tertiary/aromatic N) is 1. The molecule has 1 saturated carbocycles. The van der Waals surface area contributed by atoms with Gasteiger partial charge in [0.1, 0.15) is 5.82 Å². The van der Waals surface area contributed by atoms with Gasteiger partial charge in [-0.05, 0) is 25.0 Å². The minimum Gasteiger partial charge on any atom is -0.365 e. The van der Waals surface area contributed by atoms with Gasteiger partial charge in [-0.1, -0.05) is 12.8 Å². The van der Waals surface area contributed by atoms with E-state index in [2.05, 4.69) is 10.3 Å². The lowest BCUT2D eigenvalue weighted by Gasteiger charge is -2.30. The molecule has 0 aliphatic heterocycles. The van der Waals surface area contributed by atoms with Crippen LogP contribution >= 0.6 is 0 Å². The van der Waals surface area contributed by atoms with Crippen LogP contribution in [-0.2, 0) is 6.18 Å². The Kier molecular flexibility index (Phi) is 3.75. The molecule has 1 aliphatic rings. The van der Waals surface area contributed by atoms with Crippen LogP contribution in [0.5, 0.6) is 0 Å². The van der Waals surface area contributed by atoms with Gasteiger partial charge in [-0.15, -0.1) is 0 Å². The normalized spacial score (nSPS) is 24.9. The van der Waals surface area contributed by atoms with Gasteiger partial charge in [-0.3, -0.25) is 0 Å². The summed E-state index contributed by atoms with van der Waals surface area (Å²) in [7, 11) is 0. The zero-order chi connectivity index (χ0) is 13.2. The van der Waals surface area contributed by atoms with Crippen LogP contribution in [0.25, 0.3) is 0 Å². The van der Waals surface area contributed by atoms with Gasteiger partial charge >= 0.3 is 6.18 Å². The number of hydrogen-bond donors (Lipinski definition) is 2. The van der Waals surface area contributed by atoms with Crippen LogP contribution in [0.15, 0.2) is 18.3 Å². The average molecular weight is 259 g/mol. The van der Waals surface area contributed by atoms with E-state index in [1.54, 1.807) is 0 Å². The number of rotatable bonds is 2. The number of hydrogen-bond acceptors (Lipinski definition) is 3. The number of alkyl halides is 3. The predicted octanol–water partition coefficient (Wildman–Crippen LogP) is 2.78. The van der Waals surface area contributed by atoms with E-state index in [1.165, 1.54) is 12.3 Å². The van der Waals surface area contributed by atoms with Crippen LogP contribution in [0.2, 0.25) is 0 Å². The molecule has 0 amide bonds. The Balaban J connectivity index is 2.18. The van der Waals surface area contributed by atoms with E-state index in [-0.39, 0.29) is 17.9 Å². The van der Waals surface area contributed by atoms with Crippen LogP contribution in [-0.4, -0.2) is 17.1 Å². The fraction of sp³-hybridized carbons (Fsp3) is 0.583. The second kappa shape index (κ2) is 5.14.